The second-order valence-corrected chi connectivity index (χ2v) is 4.09. The van der Waals surface area contributed by atoms with Crippen molar-refractivity contribution in [2.24, 2.45) is 0 Å². The number of pyridine rings is 1. The zero-order valence-corrected chi connectivity index (χ0v) is 10.8. The smallest absolute Gasteiger partial charge is 0.327 e. The van der Waals surface area contributed by atoms with Crippen molar-refractivity contribution in [1.82, 2.24) is 9.55 Å². The van der Waals surface area contributed by atoms with Crippen LogP contribution in [0.3, 0.4) is 0 Å². The number of rotatable bonds is 4. The van der Waals surface area contributed by atoms with Gasteiger partial charge in [-0.25, -0.2) is 9.78 Å². The Morgan fingerprint density at radius 3 is 3.00 bits per heavy atom. The zero-order chi connectivity index (χ0) is 13.1. The lowest BCUT2D eigenvalue weighted by Crippen LogP contribution is -2.27. The number of nitrogens with one attached hydrogen (secondary N) is 1. The fourth-order valence-corrected chi connectivity index (χ4v) is 1.94. The summed E-state index contributed by atoms with van der Waals surface area (Å²) in [4.78, 5) is 15.8. The van der Waals surface area contributed by atoms with Gasteiger partial charge in [0.1, 0.15) is 11.7 Å². The fraction of sp³-hybridized carbons (Fsp3) is 0.385. The molecule has 0 amide bonds. The highest BCUT2D eigenvalue weighted by Gasteiger charge is 2.14. The molecule has 5 heteroatoms. The average Bonchev–Trinajstić information content (AvgIpc) is 2.81. The van der Waals surface area contributed by atoms with Crippen LogP contribution >= 0.6 is 0 Å². The highest BCUT2D eigenvalue weighted by atomic mass is 16.5. The third-order valence-electron chi connectivity index (χ3n) is 2.93. The highest BCUT2D eigenvalue weighted by molar-refractivity contribution is 5.91. The van der Waals surface area contributed by atoms with Gasteiger partial charge in [-0.1, -0.05) is 0 Å². The third-order valence-corrected chi connectivity index (χ3v) is 2.93. The van der Waals surface area contributed by atoms with Crippen molar-refractivity contribution >= 4 is 22.7 Å². The molecule has 0 aliphatic heterocycles. The van der Waals surface area contributed by atoms with Gasteiger partial charge in [-0.3, -0.25) is 0 Å². The van der Waals surface area contributed by atoms with Gasteiger partial charge in [-0.15, -0.1) is 0 Å². The minimum atomic E-state index is -0.384. The molecule has 0 radical (unpaired) electrons. The Hall–Kier alpha value is -2.04. The molecule has 2 heterocycles. The molecule has 2 rings (SSSR count). The number of esters is 1. The van der Waals surface area contributed by atoms with E-state index in [9.17, 15) is 4.79 Å². The molecule has 96 valence electrons. The van der Waals surface area contributed by atoms with E-state index in [-0.39, 0.29) is 12.0 Å². The number of fused-ring (bicyclic) bond motifs is 1. The van der Waals surface area contributed by atoms with Crippen molar-refractivity contribution in [2.45, 2.75) is 26.4 Å². The summed E-state index contributed by atoms with van der Waals surface area (Å²) in [6, 6.07) is 3.48. The van der Waals surface area contributed by atoms with Crippen LogP contribution in [0.1, 0.15) is 13.8 Å². The summed E-state index contributed by atoms with van der Waals surface area (Å²) < 4.78 is 6.76. The monoisotopic (exact) mass is 247 g/mol. The molecule has 18 heavy (non-hydrogen) atoms. The van der Waals surface area contributed by atoms with E-state index in [2.05, 4.69) is 21.8 Å². The quantitative estimate of drug-likeness (QED) is 0.840. The predicted octanol–water partition coefficient (Wildman–Crippen LogP) is 2.03. The van der Waals surface area contributed by atoms with E-state index in [0.717, 1.165) is 23.3 Å². The molecule has 2 aromatic heterocycles. The Morgan fingerprint density at radius 2 is 2.33 bits per heavy atom. The molecule has 1 atom stereocenters. The largest absolute Gasteiger partial charge is 0.467 e. The Balaban J connectivity index is 2.34. The lowest BCUT2D eigenvalue weighted by Gasteiger charge is -2.13. The fourth-order valence-electron chi connectivity index (χ4n) is 1.94. The molecule has 1 N–H and O–H groups in total. The first-order valence-electron chi connectivity index (χ1n) is 5.95. The van der Waals surface area contributed by atoms with Gasteiger partial charge in [0.05, 0.1) is 7.11 Å². The minimum Gasteiger partial charge on any atom is -0.467 e. The summed E-state index contributed by atoms with van der Waals surface area (Å²) in [6.45, 7) is 4.71. The SMILES string of the molecule is CCn1ccc2c(NC(C)C(=O)OC)ccnc21. The van der Waals surface area contributed by atoms with Crippen LogP contribution in [0.5, 0.6) is 0 Å². The molecule has 5 nitrogen and oxygen atoms in total. The highest BCUT2D eigenvalue weighted by Crippen LogP contribution is 2.23. The molecular formula is C13H17N3O2. The van der Waals surface area contributed by atoms with E-state index in [1.54, 1.807) is 13.1 Å². The van der Waals surface area contributed by atoms with Crippen molar-refractivity contribution in [3.05, 3.63) is 24.5 Å². The van der Waals surface area contributed by atoms with Gasteiger partial charge in [0.15, 0.2) is 0 Å². The van der Waals surface area contributed by atoms with Crippen molar-refractivity contribution in [3.8, 4) is 0 Å². The first-order chi connectivity index (χ1) is 8.67. The number of hydrogen-bond acceptors (Lipinski definition) is 4. The molecule has 0 aromatic carbocycles. The number of carbonyl (C=O) groups excluding carboxylic acids is 1. The lowest BCUT2D eigenvalue weighted by atomic mass is 10.2. The molecule has 0 fully saturated rings. The van der Waals surface area contributed by atoms with Crippen molar-refractivity contribution in [3.63, 3.8) is 0 Å². The maximum Gasteiger partial charge on any atom is 0.327 e. The number of methoxy groups -OCH3 is 1. The molecule has 0 aliphatic rings. The van der Waals surface area contributed by atoms with Crippen LogP contribution in [0.4, 0.5) is 5.69 Å². The van der Waals surface area contributed by atoms with E-state index >= 15 is 0 Å². The van der Waals surface area contributed by atoms with Crippen molar-refractivity contribution < 1.29 is 9.53 Å². The Morgan fingerprint density at radius 1 is 1.56 bits per heavy atom. The number of anilines is 1. The number of carbonyl (C=O) groups is 1. The van der Waals surface area contributed by atoms with Crippen LogP contribution in [-0.2, 0) is 16.1 Å². The second kappa shape index (κ2) is 5.08. The zero-order valence-electron chi connectivity index (χ0n) is 10.8. The lowest BCUT2D eigenvalue weighted by molar-refractivity contribution is -0.141. The van der Waals surface area contributed by atoms with Gasteiger partial charge in [-0.2, -0.15) is 0 Å². The van der Waals surface area contributed by atoms with E-state index in [1.807, 2.05) is 18.3 Å². The van der Waals surface area contributed by atoms with E-state index in [4.69, 9.17) is 4.74 Å². The number of nitrogens with zero attached hydrogens (tertiary/aromatic N) is 2. The van der Waals surface area contributed by atoms with Gasteiger partial charge < -0.3 is 14.6 Å². The summed E-state index contributed by atoms with van der Waals surface area (Å²) in [5.74, 6) is -0.283. The number of hydrogen-bond donors (Lipinski definition) is 1. The van der Waals surface area contributed by atoms with Crippen LogP contribution < -0.4 is 5.32 Å². The van der Waals surface area contributed by atoms with Gasteiger partial charge in [0, 0.05) is 30.0 Å². The molecular weight excluding hydrogens is 230 g/mol. The van der Waals surface area contributed by atoms with Gasteiger partial charge in [-0.05, 0) is 26.0 Å². The normalized spacial score (nSPS) is 12.4. The predicted molar refractivity (Wildman–Crippen MR) is 70.5 cm³/mol. The Kier molecular flexibility index (Phi) is 3.50. The second-order valence-electron chi connectivity index (χ2n) is 4.09. The van der Waals surface area contributed by atoms with E-state index < -0.39 is 0 Å². The van der Waals surface area contributed by atoms with Crippen LogP contribution in [0, 0.1) is 0 Å². The number of aromatic nitrogens is 2. The number of aryl methyl sites for hydroxylation is 1. The minimum absolute atomic E-state index is 0.283. The van der Waals surface area contributed by atoms with Crippen molar-refractivity contribution in [2.75, 3.05) is 12.4 Å². The van der Waals surface area contributed by atoms with Gasteiger partial charge in [0.25, 0.3) is 0 Å². The van der Waals surface area contributed by atoms with Crippen molar-refractivity contribution in [1.29, 1.82) is 0 Å². The maximum atomic E-state index is 11.4. The molecule has 1 unspecified atom stereocenters. The summed E-state index contributed by atoms with van der Waals surface area (Å²) in [5, 5.41) is 4.15. The summed E-state index contributed by atoms with van der Waals surface area (Å²) >= 11 is 0. The van der Waals surface area contributed by atoms with Crippen LogP contribution in [-0.4, -0.2) is 28.7 Å². The maximum absolute atomic E-state index is 11.4. The summed E-state index contributed by atoms with van der Waals surface area (Å²) in [6.07, 6.45) is 3.73. The first kappa shape index (κ1) is 12.4. The standard InChI is InChI=1S/C13H17N3O2/c1-4-16-8-6-10-11(5-7-14-12(10)16)15-9(2)13(17)18-3/h5-9H,4H2,1-3H3,(H,14,15). The Labute approximate surface area is 106 Å². The first-order valence-corrected chi connectivity index (χ1v) is 5.95. The van der Waals surface area contributed by atoms with Crippen LogP contribution in [0.15, 0.2) is 24.5 Å². The van der Waals surface area contributed by atoms with Gasteiger partial charge >= 0.3 is 5.97 Å². The molecule has 0 saturated heterocycles. The van der Waals surface area contributed by atoms with Crippen LogP contribution in [0.2, 0.25) is 0 Å². The summed E-state index contributed by atoms with van der Waals surface area (Å²) in [5.41, 5.74) is 1.81. The molecule has 0 bridgehead atoms. The molecule has 0 aliphatic carbocycles. The van der Waals surface area contributed by atoms with Crippen LogP contribution in [0.25, 0.3) is 11.0 Å². The topological polar surface area (TPSA) is 56.2 Å². The molecule has 0 spiro atoms. The number of ether oxygens (including phenoxy) is 1. The Bertz CT molecular complexity index is 562. The van der Waals surface area contributed by atoms with Gasteiger partial charge in [0.2, 0.25) is 0 Å². The third kappa shape index (κ3) is 2.16. The average molecular weight is 247 g/mol. The molecule has 2 aromatic rings. The summed E-state index contributed by atoms with van der Waals surface area (Å²) in [7, 11) is 1.39. The van der Waals surface area contributed by atoms with E-state index in [1.165, 1.54) is 7.11 Å². The molecule has 0 saturated carbocycles. The van der Waals surface area contributed by atoms with E-state index in [0.29, 0.717) is 0 Å².